The van der Waals surface area contributed by atoms with Gasteiger partial charge in [0.25, 0.3) is 0 Å². The molecule has 0 amide bonds. The van der Waals surface area contributed by atoms with Crippen molar-refractivity contribution in [3.8, 4) is 0 Å². The monoisotopic (exact) mass is 79.0 g/mol. The molecule has 0 aliphatic rings. The first-order chi connectivity index (χ1) is 2.27. The van der Waals surface area contributed by atoms with Crippen molar-refractivity contribution in [2.45, 2.75) is 0 Å². The Hall–Kier alpha value is -0.590. The highest BCUT2D eigenvalue weighted by atomic mass is 16.1. The fourth-order valence-corrected chi connectivity index (χ4v) is 0. The van der Waals surface area contributed by atoms with Crippen molar-refractivity contribution in [3.05, 3.63) is 27.0 Å². The highest BCUT2D eigenvalue weighted by Gasteiger charge is 1.71. The molecule has 0 aromatic rings. The van der Waals surface area contributed by atoms with Crippen LogP contribution in [-0.2, 0) is 4.79 Å². The van der Waals surface area contributed by atoms with Crippen molar-refractivity contribution in [2.75, 3.05) is 0 Å². The van der Waals surface area contributed by atoms with E-state index in [9.17, 15) is 4.79 Å². The summed E-state index contributed by atoms with van der Waals surface area (Å²) in [6.07, 6.45) is 0.944. The van der Waals surface area contributed by atoms with Crippen LogP contribution in [0.4, 0.5) is 0 Å². The van der Waals surface area contributed by atoms with E-state index in [0.717, 1.165) is 6.08 Å². The van der Waals surface area contributed by atoms with Crippen molar-refractivity contribution in [1.82, 2.24) is 0 Å². The fourth-order valence-electron chi connectivity index (χ4n) is 0. The van der Waals surface area contributed by atoms with Gasteiger partial charge in [0.15, 0.2) is 5.78 Å². The number of allylic oxidation sites excluding steroid dienone is 1. The minimum atomic E-state index is -0.731. The van der Waals surface area contributed by atoms with Gasteiger partial charge in [-0.05, 0) is 6.08 Å². The SMILES string of the molecule is [C].[C]C(=O)C=C. The number of hydrogen-bond donors (Lipinski definition) is 0. The fraction of sp³-hybridized carbons (Fsp3) is 0. The van der Waals surface area contributed by atoms with E-state index in [1.807, 2.05) is 0 Å². The Balaban J connectivity index is 0. The number of hydrogen-bond acceptors (Lipinski definition) is 1. The average Bonchev–Trinajstić information content (AvgIpc) is 1.38. The second kappa shape index (κ2) is 4.41. The molecule has 0 heterocycles. The molecule has 0 N–H and O–H groups in total. The standard InChI is InChI=1S/C4H3O.C/c1-3-4(2)5;/h3H,1H2;. The average molecular weight is 79.1 g/mol. The quantitative estimate of drug-likeness (QED) is 0.416. The molecule has 0 aromatic heterocycles. The smallest absolute Gasteiger partial charge is 0.164 e. The molecule has 0 rings (SSSR count). The zero-order valence-corrected chi connectivity index (χ0v) is 3.19. The van der Waals surface area contributed by atoms with Gasteiger partial charge in [0.2, 0.25) is 0 Å². The normalized spacial score (nSPS) is 5.50. The molecular weight excluding hydrogens is 76.1 g/mol. The van der Waals surface area contributed by atoms with Crippen LogP contribution < -0.4 is 0 Å². The number of carbonyl (C=O) groups is 1. The van der Waals surface area contributed by atoms with E-state index in [4.69, 9.17) is 6.92 Å². The summed E-state index contributed by atoms with van der Waals surface area (Å²) < 4.78 is 0. The lowest BCUT2D eigenvalue weighted by Gasteiger charge is -1.61. The first-order valence-corrected chi connectivity index (χ1v) is 1.15. The van der Waals surface area contributed by atoms with Crippen LogP contribution >= 0.6 is 0 Å². The van der Waals surface area contributed by atoms with E-state index in [1.54, 1.807) is 0 Å². The Morgan fingerprint density at radius 2 is 2.00 bits per heavy atom. The van der Waals surface area contributed by atoms with Gasteiger partial charge >= 0.3 is 0 Å². The summed E-state index contributed by atoms with van der Waals surface area (Å²) >= 11 is 0. The van der Waals surface area contributed by atoms with Gasteiger partial charge in [0.05, 0.1) is 6.92 Å². The zero-order valence-electron chi connectivity index (χ0n) is 3.19. The van der Waals surface area contributed by atoms with Crippen LogP contribution in [0.1, 0.15) is 0 Å². The van der Waals surface area contributed by atoms with E-state index in [-0.39, 0.29) is 7.43 Å². The summed E-state index contributed by atoms with van der Waals surface area (Å²) in [5.41, 5.74) is 0. The molecule has 6 heavy (non-hydrogen) atoms. The van der Waals surface area contributed by atoms with Gasteiger partial charge in [0, 0.05) is 7.43 Å². The number of rotatable bonds is 1. The molecular formula is C5H3O. The van der Waals surface area contributed by atoms with E-state index in [0.29, 0.717) is 0 Å². The van der Waals surface area contributed by atoms with Crippen molar-refractivity contribution in [2.24, 2.45) is 0 Å². The predicted octanol–water partition coefficient (Wildman–Crippen LogP) is 0.411. The minimum absolute atomic E-state index is 0. The van der Waals surface area contributed by atoms with Crippen molar-refractivity contribution >= 4 is 5.78 Å². The molecule has 0 saturated heterocycles. The Labute approximate surface area is 38.7 Å². The van der Waals surface area contributed by atoms with Gasteiger partial charge in [-0.15, -0.1) is 0 Å². The third-order valence-electron chi connectivity index (χ3n) is 0.185. The largest absolute Gasteiger partial charge is 0.294 e. The Kier molecular flexibility index (Phi) is 6.65. The van der Waals surface area contributed by atoms with Crippen LogP contribution in [0.2, 0.25) is 0 Å². The molecule has 0 spiro atoms. The van der Waals surface area contributed by atoms with E-state index in [1.165, 1.54) is 0 Å². The van der Waals surface area contributed by atoms with E-state index >= 15 is 0 Å². The molecule has 1 heteroatoms. The highest BCUT2D eigenvalue weighted by Crippen LogP contribution is 1.59. The third-order valence-corrected chi connectivity index (χ3v) is 0.185. The molecule has 0 bridgehead atoms. The Morgan fingerprint density at radius 1 is 1.83 bits per heavy atom. The summed E-state index contributed by atoms with van der Waals surface area (Å²) in [6.45, 7) is 9.09. The summed E-state index contributed by atoms with van der Waals surface area (Å²) in [5.74, 6) is -0.731. The first kappa shape index (κ1) is 9.05. The van der Waals surface area contributed by atoms with Crippen LogP contribution in [0.5, 0.6) is 0 Å². The van der Waals surface area contributed by atoms with Gasteiger partial charge in [-0.1, -0.05) is 6.58 Å². The van der Waals surface area contributed by atoms with Gasteiger partial charge in [0.1, 0.15) is 0 Å². The Bertz CT molecular complexity index is 55.0. The minimum Gasteiger partial charge on any atom is -0.294 e. The number of ketones is 1. The van der Waals surface area contributed by atoms with Crippen molar-refractivity contribution in [1.29, 1.82) is 0 Å². The molecule has 0 fully saturated rings. The molecule has 0 aromatic carbocycles. The van der Waals surface area contributed by atoms with Gasteiger partial charge < -0.3 is 0 Å². The van der Waals surface area contributed by atoms with Crippen molar-refractivity contribution in [3.63, 3.8) is 0 Å². The summed E-state index contributed by atoms with van der Waals surface area (Å²) in [6, 6.07) is 0. The van der Waals surface area contributed by atoms with Crippen LogP contribution in [0, 0.1) is 14.4 Å². The second-order valence-electron chi connectivity index (χ2n) is 0.568. The molecule has 29 valence electrons. The second-order valence-corrected chi connectivity index (χ2v) is 0.568. The van der Waals surface area contributed by atoms with E-state index < -0.39 is 5.78 Å². The third kappa shape index (κ3) is 9.96. The topological polar surface area (TPSA) is 17.1 Å². The maximum absolute atomic E-state index is 9.36. The van der Waals surface area contributed by atoms with Crippen LogP contribution in [0.3, 0.4) is 0 Å². The predicted molar refractivity (Wildman–Crippen MR) is 21.7 cm³/mol. The van der Waals surface area contributed by atoms with Crippen LogP contribution in [0.15, 0.2) is 12.7 Å². The lowest BCUT2D eigenvalue weighted by molar-refractivity contribution is -0.110. The molecule has 0 aliphatic heterocycles. The van der Waals surface area contributed by atoms with E-state index in [2.05, 4.69) is 6.58 Å². The molecule has 0 saturated carbocycles. The molecule has 7 radical (unpaired) electrons. The molecule has 1 nitrogen and oxygen atoms in total. The molecule has 0 atom stereocenters. The molecule has 0 unspecified atom stereocenters. The summed E-state index contributed by atoms with van der Waals surface area (Å²) in [4.78, 5) is 9.36. The lowest BCUT2D eigenvalue weighted by Crippen LogP contribution is -1.75. The van der Waals surface area contributed by atoms with Gasteiger partial charge in [-0.2, -0.15) is 0 Å². The maximum Gasteiger partial charge on any atom is 0.164 e. The van der Waals surface area contributed by atoms with Crippen LogP contribution in [0.25, 0.3) is 0 Å². The highest BCUT2D eigenvalue weighted by molar-refractivity contribution is 5.92. The Morgan fingerprint density at radius 3 is 2.00 bits per heavy atom. The summed E-state index contributed by atoms with van der Waals surface area (Å²) in [7, 11) is 0. The zero-order chi connectivity index (χ0) is 4.28. The first-order valence-electron chi connectivity index (χ1n) is 1.15. The number of carbonyl (C=O) groups excluding carboxylic acids is 1. The van der Waals surface area contributed by atoms with Gasteiger partial charge in [-0.3, -0.25) is 4.79 Å². The lowest BCUT2D eigenvalue weighted by atomic mass is 10.5. The molecule has 0 aliphatic carbocycles. The summed E-state index contributed by atoms with van der Waals surface area (Å²) in [5, 5.41) is 0. The van der Waals surface area contributed by atoms with Gasteiger partial charge in [-0.25, -0.2) is 0 Å². The van der Waals surface area contributed by atoms with Crippen molar-refractivity contribution < 1.29 is 4.79 Å². The maximum atomic E-state index is 9.36. The van der Waals surface area contributed by atoms with Crippen LogP contribution in [-0.4, -0.2) is 5.78 Å².